The first-order valence-electron chi connectivity index (χ1n) is 7.51. The average Bonchev–Trinajstić information content (AvgIpc) is 2.46. The number of fused-ring (bicyclic) bond motifs is 1. The molecule has 1 aromatic rings. The summed E-state index contributed by atoms with van der Waals surface area (Å²) in [6, 6.07) is 6.62. The van der Waals surface area contributed by atoms with Gasteiger partial charge in [-0.3, -0.25) is 0 Å². The first-order valence-corrected chi connectivity index (χ1v) is 8.30. The summed E-state index contributed by atoms with van der Waals surface area (Å²) in [4.78, 5) is 2.57. The molecule has 1 saturated carbocycles. The molecule has 3 heteroatoms. The molecule has 0 bridgehead atoms. The van der Waals surface area contributed by atoms with E-state index in [0.29, 0.717) is 6.54 Å². The average molecular weight is 323 g/mol. The molecule has 0 spiro atoms. The molecule has 1 aliphatic heterocycles. The summed E-state index contributed by atoms with van der Waals surface area (Å²) in [5.74, 6) is 1.91. The van der Waals surface area contributed by atoms with E-state index >= 15 is 0 Å². The molecule has 1 saturated heterocycles. The second kappa shape index (κ2) is 5.84. The van der Waals surface area contributed by atoms with Crippen molar-refractivity contribution in [1.29, 1.82) is 0 Å². The van der Waals surface area contributed by atoms with Gasteiger partial charge in [0.25, 0.3) is 0 Å². The van der Waals surface area contributed by atoms with E-state index in [4.69, 9.17) is 5.73 Å². The Morgan fingerprint density at radius 3 is 2.68 bits per heavy atom. The molecule has 2 atom stereocenters. The summed E-state index contributed by atoms with van der Waals surface area (Å²) < 4.78 is 1.15. The van der Waals surface area contributed by atoms with Gasteiger partial charge in [-0.15, -0.1) is 0 Å². The van der Waals surface area contributed by atoms with E-state index < -0.39 is 0 Å². The van der Waals surface area contributed by atoms with Crippen LogP contribution in [0.4, 0.5) is 5.69 Å². The molecule has 3 rings (SSSR count). The number of hydrogen-bond acceptors (Lipinski definition) is 2. The summed E-state index contributed by atoms with van der Waals surface area (Å²) in [6.45, 7) is 3.07. The molecule has 0 radical (unpaired) electrons. The normalized spacial score (nSPS) is 27.2. The Morgan fingerprint density at radius 2 is 1.89 bits per heavy atom. The quantitative estimate of drug-likeness (QED) is 0.894. The Kier molecular flexibility index (Phi) is 4.13. The van der Waals surface area contributed by atoms with E-state index in [0.717, 1.165) is 16.3 Å². The molecule has 2 aliphatic rings. The van der Waals surface area contributed by atoms with Crippen LogP contribution in [0.3, 0.4) is 0 Å². The zero-order valence-electron chi connectivity index (χ0n) is 11.4. The molecule has 0 aromatic heterocycles. The minimum atomic E-state index is 0.617. The van der Waals surface area contributed by atoms with Crippen LogP contribution >= 0.6 is 15.9 Å². The van der Waals surface area contributed by atoms with Crippen LogP contribution < -0.4 is 10.6 Å². The molecule has 1 aliphatic carbocycles. The molecule has 2 unspecified atom stereocenters. The van der Waals surface area contributed by atoms with Crippen LogP contribution in [-0.2, 0) is 6.54 Å². The van der Waals surface area contributed by atoms with Gasteiger partial charge in [-0.1, -0.05) is 35.2 Å². The Morgan fingerprint density at radius 1 is 1.11 bits per heavy atom. The molecule has 2 nitrogen and oxygen atoms in total. The van der Waals surface area contributed by atoms with Gasteiger partial charge in [-0.25, -0.2) is 0 Å². The van der Waals surface area contributed by atoms with Gasteiger partial charge >= 0.3 is 0 Å². The van der Waals surface area contributed by atoms with Gasteiger partial charge in [0.15, 0.2) is 0 Å². The molecule has 2 fully saturated rings. The van der Waals surface area contributed by atoms with Crippen molar-refractivity contribution in [3.63, 3.8) is 0 Å². The topological polar surface area (TPSA) is 29.3 Å². The zero-order valence-corrected chi connectivity index (χ0v) is 13.0. The van der Waals surface area contributed by atoms with Gasteiger partial charge in [0.2, 0.25) is 0 Å². The first kappa shape index (κ1) is 13.4. The van der Waals surface area contributed by atoms with Gasteiger partial charge in [-0.05, 0) is 48.4 Å². The second-order valence-electron chi connectivity index (χ2n) is 6.06. The number of hydrogen-bond donors (Lipinski definition) is 1. The standard InChI is InChI=1S/C16H23BrN2/c17-15-7-12(10-18)8-16(9-15)19-6-5-13-3-1-2-4-14(13)11-19/h7-9,13-14H,1-6,10-11,18H2. The number of nitrogens with two attached hydrogens (primary N) is 1. The summed E-state index contributed by atoms with van der Waals surface area (Å²) >= 11 is 3.61. The van der Waals surface area contributed by atoms with Crippen LogP contribution in [0.1, 0.15) is 37.7 Å². The molecule has 1 aromatic carbocycles. The monoisotopic (exact) mass is 322 g/mol. The lowest BCUT2D eigenvalue weighted by atomic mass is 9.75. The second-order valence-corrected chi connectivity index (χ2v) is 6.98. The number of nitrogens with zero attached hydrogens (tertiary/aromatic N) is 1. The van der Waals surface area contributed by atoms with E-state index in [-0.39, 0.29) is 0 Å². The van der Waals surface area contributed by atoms with Crippen molar-refractivity contribution in [1.82, 2.24) is 0 Å². The van der Waals surface area contributed by atoms with Crippen LogP contribution in [0, 0.1) is 11.8 Å². The fraction of sp³-hybridized carbons (Fsp3) is 0.625. The van der Waals surface area contributed by atoms with Crippen LogP contribution in [0.5, 0.6) is 0 Å². The van der Waals surface area contributed by atoms with Gasteiger partial charge < -0.3 is 10.6 Å². The number of piperidine rings is 1. The Bertz CT molecular complexity index is 446. The van der Waals surface area contributed by atoms with Crippen molar-refractivity contribution < 1.29 is 0 Å². The van der Waals surface area contributed by atoms with Crippen molar-refractivity contribution in [2.75, 3.05) is 18.0 Å². The van der Waals surface area contributed by atoms with Crippen molar-refractivity contribution in [3.05, 3.63) is 28.2 Å². The minimum absolute atomic E-state index is 0.617. The maximum Gasteiger partial charge on any atom is 0.0380 e. The molecular formula is C16H23BrN2. The maximum atomic E-state index is 5.78. The highest BCUT2D eigenvalue weighted by atomic mass is 79.9. The lowest BCUT2D eigenvalue weighted by molar-refractivity contribution is 0.202. The highest BCUT2D eigenvalue weighted by Gasteiger charge is 2.31. The number of halogens is 1. The molecule has 2 N–H and O–H groups in total. The Balaban J connectivity index is 1.77. The van der Waals surface area contributed by atoms with E-state index in [1.807, 2.05) is 0 Å². The predicted octanol–water partition coefficient (Wildman–Crippen LogP) is 3.92. The lowest BCUT2D eigenvalue weighted by Crippen LogP contribution is -2.41. The highest BCUT2D eigenvalue weighted by Crippen LogP contribution is 2.38. The Hall–Kier alpha value is -0.540. The van der Waals surface area contributed by atoms with E-state index in [1.54, 1.807) is 0 Å². The maximum absolute atomic E-state index is 5.78. The number of anilines is 1. The summed E-state index contributed by atoms with van der Waals surface area (Å²) in [5.41, 5.74) is 8.35. The third-order valence-corrected chi connectivity index (χ3v) is 5.29. The SMILES string of the molecule is NCc1cc(Br)cc(N2CCC3CCCCC3C2)c1. The third kappa shape index (κ3) is 2.97. The highest BCUT2D eigenvalue weighted by molar-refractivity contribution is 9.10. The van der Waals surface area contributed by atoms with Crippen LogP contribution in [0.15, 0.2) is 22.7 Å². The summed E-state index contributed by atoms with van der Waals surface area (Å²) in [7, 11) is 0. The molecule has 0 amide bonds. The van der Waals surface area contributed by atoms with Gasteiger partial charge in [-0.2, -0.15) is 0 Å². The Labute approximate surface area is 124 Å². The number of rotatable bonds is 2. The fourth-order valence-corrected chi connectivity index (χ4v) is 4.30. The molecule has 19 heavy (non-hydrogen) atoms. The van der Waals surface area contributed by atoms with Crippen molar-refractivity contribution >= 4 is 21.6 Å². The molecule has 1 heterocycles. The largest absolute Gasteiger partial charge is 0.371 e. The lowest BCUT2D eigenvalue weighted by Gasteiger charge is -2.42. The summed E-state index contributed by atoms with van der Waals surface area (Å²) in [6.07, 6.45) is 7.15. The number of benzene rings is 1. The first-order chi connectivity index (χ1) is 9.26. The predicted molar refractivity (Wildman–Crippen MR) is 84.3 cm³/mol. The van der Waals surface area contributed by atoms with Crippen LogP contribution in [-0.4, -0.2) is 13.1 Å². The van der Waals surface area contributed by atoms with Crippen molar-refractivity contribution in [3.8, 4) is 0 Å². The van der Waals surface area contributed by atoms with E-state index in [9.17, 15) is 0 Å². The van der Waals surface area contributed by atoms with E-state index in [2.05, 4.69) is 39.0 Å². The minimum Gasteiger partial charge on any atom is -0.371 e. The van der Waals surface area contributed by atoms with Crippen molar-refractivity contribution in [2.45, 2.75) is 38.6 Å². The van der Waals surface area contributed by atoms with Gasteiger partial charge in [0, 0.05) is 29.8 Å². The summed E-state index contributed by atoms with van der Waals surface area (Å²) in [5, 5.41) is 0. The van der Waals surface area contributed by atoms with Gasteiger partial charge in [0.05, 0.1) is 0 Å². The van der Waals surface area contributed by atoms with E-state index in [1.165, 1.54) is 56.4 Å². The fourth-order valence-electron chi connectivity index (χ4n) is 3.77. The van der Waals surface area contributed by atoms with Gasteiger partial charge in [0.1, 0.15) is 0 Å². The van der Waals surface area contributed by atoms with Crippen LogP contribution in [0.2, 0.25) is 0 Å². The van der Waals surface area contributed by atoms with Crippen molar-refractivity contribution in [2.24, 2.45) is 17.6 Å². The third-order valence-electron chi connectivity index (χ3n) is 4.83. The molecular weight excluding hydrogens is 300 g/mol. The zero-order chi connectivity index (χ0) is 13.2. The van der Waals surface area contributed by atoms with Crippen LogP contribution in [0.25, 0.3) is 0 Å². The molecule has 104 valence electrons. The smallest absolute Gasteiger partial charge is 0.0380 e.